The quantitative estimate of drug-likeness (QED) is 0.911. The zero-order valence-electron chi connectivity index (χ0n) is 10.1. The SMILES string of the molecule is Cc1nsc(NC(=O)c2cccc(F)c2Cl)c1C(=O)O. The lowest BCUT2D eigenvalue weighted by atomic mass is 10.2. The summed E-state index contributed by atoms with van der Waals surface area (Å²) in [5, 5.41) is 11.2. The van der Waals surface area contributed by atoms with Crippen molar-refractivity contribution in [2.45, 2.75) is 6.92 Å². The summed E-state index contributed by atoms with van der Waals surface area (Å²) in [5.41, 5.74) is 0.132. The molecular formula is C12H8ClFN2O3S. The molecule has 2 rings (SSSR count). The summed E-state index contributed by atoms with van der Waals surface area (Å²) >= 11 is 6.54. The van der Waals surface area contributed by atoms with Gasteiger partial charge in [-0.05, 0) is 30.6 Å². The highest BCUT2D eigenvalue weighted by Gasteiger charge is 2.21. The van der Waals surface area contributed by atoms with Gasteiger partial charge in [0.25, 0.3) is 5.91 Å². The topological polar surface area (TPSA) is 79.3 Å². The lowest BCUT2D eigenvalue weighted by molar-refractivity contribution is 0.0697. The number of hydrogen-bond acceptors (Lipinski definition) is 4. The van der Waals surface area contributed by atoms with Crippen LogP contribution in [-0.2, 0) is 0 Å². The molecule has 20 heavy (non-hydrogen) atoms. The fourth-order valence-electron chi connectivity index (χ4n) is 1.56. The zero-order valence-corrected chi connectivity index (χ0v) is 11.7. The number of carbonyl (C=O) groups is 2. The fraction of sp³-hybridized carbons (Fsp3) is 0.0833. The van der Waals surface area contributed by atoms with Crippen LogP contribution in [0.15, 0.2) is 18.2 Å². The number of aromatic carboxylic acids is 1. The Bertz CT molecular complexity index is 702. The normalized spacial score (nSPS) is 10.3. The minimum Gasteiger partial charge on any atom is -0.478 e. The Balaban J connectivity index is 2.33. The predicted octanol–water partition coefficient (Wildman–Crippen LogP) is 3.19. The number of aryl methyl sites for hydroxylation is 1. The van der Waals surface area contributed by atoms with Crippen molar-refractivity contribution in [1.29, 1.82) is 0 Å². The van der Waals surface area contributed by atoms with Crippen molar-refractivity contribution in [3.05, 3.63) is 45.9 Å². The standard InChI is InChI=1S/C12H8ClFN2O3S/c1-5-8(12(18)19)11(20-16-5)15-10(17)6-3-2-4-7(14)9(6)13/h2-4H,1H3,(H,15,17)(H,18,19). The van der Waals surface area contributed by atoms with Crippen LogP contribution in [0.3, 0.4) is 0 Å². The molecule has 1 heterocycles. The van der Waals surface area contributed by atoms with Gasteiger partial charge in [0, 0.05) is 0 Å². The Kier molecular flexibility index (Phi) is 4.01. The minimum atomic E-state index is -1.20. The van der Waals surface area contributed by atoms with E-state index in [1.807, 2.05) is 0 Å². The van der Waals surface area contributed by atoms with Gasteiger partial charge in [0.1, 0.15) is 16.4 Å². The van der Waals surface area contributed by atoms with Crippen LogP contribution in [0.4, 0.5) is 9.39 Å². The molecule has 0 spiro atoms. The molecule has 2 N–H and O–H groups in total. The van der Waals surface area contributed by atoms with Crippen LogP contribution < -0.4 is 5.32 Å². The largest absolute Gasteiger partial charge is 0.478 e. The number of carboxylic acids is 1. The van der Waals surface area contributed by atoms with E-state index in [2.05, 4.69) is 9.69 Å². The summed E-state index contributed by atoms with van der Waals surface area (Å²) in [5.74, 6) is -2.62. The van der Waals surface area contributed by atoms with Crippen LogP contribution in [0.2, 0.25) is 5.02 Å². The lowest BCUT2D eigenvalue weighted by Gasteiger charge is -2.06. The number of aromatic nitrogens is 1. The third-order valence-corrected chi connectivity index (χ3v) is 3.74. The van der Waals surface area contributed by atoms with Gasteiger partial charge < -0.3 is 10.4 Å². The van der Waals surface area contributed by atoms with Gasteiger partial charge in [0.2, 0.25) is 0 Å². The van der Waals surface area contributed by atoms with Gasteiger partial charge in [-0.2, -0.15) is 4.37 Å². The van der Waals surface area contributed by atoms with Crippen molar-refractivity contribution in [2.24, 2.45) is 0 Å². The maximum Gasteiger partial charge on any atom is 0.340 e. The first kappa shape index (κ1) is 14.4. The van der Waals surface area contributed by atoms with E-state index in [0.717, 1.165) is 17.6 Å². The molecule has 1 aromatic heterocycles. The van der Waals surface area contributed by atoms with Crippen LogP contribution in [0.5, 0.6) is 0 Å². The molecule has 5 nitrogen and oxygen atoms in total. The molecule has 1 aromatic carbocycles. The van der Waals surface area contributed by atoms with Gasteiger partial charge in [0.05, 0.1) is 16.3 Å². The lowest BCUT2D eigenvalue weighted by Crippen LogP contribution is -2.14. The Morgan fingerprint density at radius 2 is 2.15 bits per heavy atom. The molecule has 0 atom stereocenters. The van der Waals surface area contributed by atoms with Gasteiger partial charge in [-0.25, -0.2) is 9.18 Å². The molecule has 0 saturated heterocycles. The van der Waals surface area contributed by atoms with E-state index in [1.165, 1.54) is 19.1 Å². The van der Waals surface area contributed by atoms with Crippen LogP contribution >= 0.6 is 23.1 Å². The third-order valence-electron chi connectivity index (χ3n) is 2.50. The van der Waals surface area contributed by atoms with E-state index in [-0.39, 0.29) is 21.2 Å². The van der Waals surface area contributed by atoms with Crippen LogP contribution in [-0.4, -0.2) is 21.4 Å². The molecule has 0 saturated carbocycles. The first-order valence-electron chi connectivity index (χ1n) is 5.36. The Morgan fingerprint density at radius 3 is 2.80 bits per heavy atom. The van der Waals surface area contributed by atoms with Gasteiger partial charge in [-0.1, -0.05) is 17.7 Å². The fourth-order valence-corrected chi connectivity index (χ4v) is 2.55. The van der Waals surface area contributed by atoms with Crippen molar-refractivity contribution in [3.8, 4) is 0 Å². The Morgan fingerprint density at radius 1 is 1.45 bits per heavy atom. The van der Waals surface area contributed by atoms with Crippen LogP contribution in [0.1, 0.15) is 26.4 Å². The number of nitrogens with one attached hydrogen (secondary N) is 1. The molecular weight excluding hydrogens is 307 g/mol. The number of amides is 1. The number of halogens is 2. The van der Waals surface area contributed by atoms with Crippen LogP contribution in [0.25, 0.3) is 0 Å². The number of carbonyl (C=O) groups excluding carboxylic acids is 1. The number of anilines is 1. The number of benzene rings is 1. The number of hydrogen-bond donors (Lipinski definition) is 2. The minimum absolute atomic E-state index is 0.0749. The van der Waals surface area contributed by atoms with Gasteiger partial charge in [0.15, 0.2) is 0 Å². The van der Waals surface area contributed by atoms with E-state index in [4.69, 9.17) is 16.7 Å². The summed E-state index contributed by atoms with van der Waals surface area (Å²) in [7, 11) is 0. The van der Waals surface area contributed by atoms with E-state index in [9.17, 15) is 14.0 Å². The average Bonchev–Trinajstić information content (AvgIpc) is 2.73. The van der Waals surface area contributed by atoms with Gasteiger partial charge in [-0.15, -0.1) is 0 Å². The van der Waals surface area contributed by atoms with Gasteiger partial charge >= 0.3 is 5.97 Å². The molecule has 2 aromatic rings. The molecule has 0 radical (unpaired) electrons. The second-order valence-electron chi connectivity index (χ2n) is 3.83. The molecule has 0 aliphatic heterocycles. The van der Waals surface area contributed by atoms with E-state index < -0.39 is 17.7 Å². The van der Waals surface area contributed by atoms with E-state index in [0.29, 0.717) is 5.69 Å². The van der Waals surface area contributed by atoms with Crippen molar-refractivity contribution in [3.63, 3.8) is 0 Å². The van der Waals surface area contributed by atoms with Gasteiger partial charge in [-0.3, -0.25) is 4.79 Å². The first-order valence-corrected chi connectivity index (χ1v) is 6.52. The number of carboxylic acid groups (broad SMARTS) is 1. The highest BCUT2D eigenvalue weighted by Crippen LogP contribution is 2.26. The van der Waals surface area contributed by atoms with Crippen molar-refractivity contribution < 1.29 is 19.1 Å². The van der Waals surface area contributed by atoms with E-state index >= 15 is 0 Å². The van der Waals surface area contributed by atoms with Crippen molar-refractivity contribution in [1.82, 2.24) is 4.37 Å². The monoisotopic (exact) mass is 314 g/mol. The number of rotatable bonds is 3. The van der Waals surface area contributed by atoms with Crippen molar-refractivity contribution in [2.75, 3.05) is 5.32 Å². The van der Waals surface area contributed by atoms with Crippen molar-refractivity contribution >= 4 is 40.0 Å². The highest BCUT2D eigenvalue weighted by molar-refractivity contribution is 7.11. The first-order chi connectivity index (χ1) is 9.41. The van der Waals surface area contributed by atoms with E-state index in [1.54, 1.807) is 0 Å². The zero-order chi connectivity index (χ0) is 14.9. The molecule has 0 fully saturated rings. The maximum atomic E-state index is 13.3. The summed E-state index contributed by atoms with van der Waals surface area (Å²) in [6.07, 6.45) is 0. The molecule has 1 amide bonds. The summed E-state index contributed by atoms with van der Waals surface area (Å²) in [6, 6.07) is 3.81. The molecule has 104 valence electrons. The summed E-state index contributed by atoms with van der Waals surface area (Å²) < 4.78 is 17.1. The summed E-state index contributed by atoms with van der Waals surface area (Å²) in [4.78, 5) is 23.1. The molecule has 0 aliphatic carbocycles. The number of nitrogens with zero attached hydrogens (tertiary/aromatic N) is 1. The predicted molar refractivity (Wildman–Crippen MR) is 73.2 cm³/mol. The summed E-state index contributed by atoms with van der Waals surface area (Å²) in [6.45, 7) is 1.52. The molecule has 0 bridgehead atoms. The second kappa shape index (κ2) is 5.56. The second-order valence-corrected chi connectivity index (χ2v) is 4.98. The third kappa shape index (κ3) is 2.63. The molecule has 0 unspecified atom stereocenters. The highest BCUT2D eigenvalue weighted by atomic mass is 35.5. The Hall–Kier alpha value is -1.99. The molecule has 0 aliphatic rings. The maximum absolute atomic E-state index is 13.3. The van der Waals surface area contributed by atoms with Crippen LogP contribution in [0, 0.1) is 12.7 Å². The average molecular weight is 315 g/mol. The Labute approximate surface area is 122 Å². The molecule has 8 heteroatoms. The smallest absolute Gasteiger partial charge is 0.340 e.